The standard InChI is InChI=1S/C25H32N2O3/c1-29-23-14-20-12-13-27(17-18-8-4-3-5-9-18)22(21(20)15-24(23)30-2)16-26-25(28)19-10-6-7-11-19/h3-5,8-9,14-15,19,22H,6-7,10-13,16-17H2,1-2H3,(H,26,28)/t22-/m0/s1. The molecule has 2 aromatic rings. The van der Waals surface area contributed by atoms with E-state index in [4.69, 9.17) is 9.47 Å². The highest BCUT2D eigenvalue weighted by atomic mass is 16.5. The molecule has 1 amide bonds. The summed E-state index contributed by atoms with van der Waals surface area (Å²) in [5, 5.41) is 3.26. The third-order valence-corrected chi connectivity index (χ3v) is 6.54. The number of methoxy groups -OCH3 is 2. The largest absolute Gasteiger partial charge is 0.493 e. The number of ether oxygens (including phenoxy) is 2. The van der Waals surface area contributed by atoms with Gasteiger partial charge in [-0.2, -0.15) is 0 Å². The lowest BCUT2D eigenvalue weighted by atomic mass is 9.91. The fourth-order valence-corrected chi connectivity index (χ4v) is 4.86. The van der Waals surface area contributed by atoms with Crippen LogP contribution in [0.2, 0.25) is 0 Å². The highest BCUT2D eigenvalue weighted by Crippen LogP contribution is 2.38. The Labute approximate surface area is 179 Å². The lowest BCUT2D eigenvalue weighted by Gasteiger charge is -2.38. The molecule has 0 spiro atoms. The maximum atomic E-state index is 12.7. The zero-order chi connectivity index (χ0) is 20.9. The minimum absolute atomic E-state index is 0.110. The fraction of sp³-hybridized carbons (Fsp3) is 0.480. The number of nitrogens with one attached hydrogen (secondary N) is 1. The summed E-state index contributed by atoms with van der Waals surface area (Å²) in [4.78, 5) is 15.2. The molecule has 0 saturated heterocycles. The Hall–Kier alpha value is -2.53. The molecule has 0 aromatic heterocycles. The second-order valence-electron chi connectivity index (χ2n) is 8.35. The minimum atomic E-state index is 0.110. The molecule has 1 atom stereocenters. The first-order valence-electron chi connectivity index (χ1n) is 11.0. The van der Waals surface area contributed by atoms with Crippen molar-refractivity contribution in [1.82, 2.24) is 10.2 Å². The summed E-state index contributed by atoms with van der Waals surface area (Å²) in [5.41, 5.74) is 3.78. The quantitative estimate of drug-likeness (QED) is 0.749. The van der Waals surface area contributed by atoms with E-state index in [0.717, 1.165) is 43.9 Å². The summed E-state index contributed by atoms with van der Waals surface area (Å²) in [6.45, 7) is 2.42. The maximum absolute atomic E-state index is 12.7. The molecule has 0 radical (unpaired) electrons. The number of hydrogen-bond donors (Lipinski definition) is 1. The molecule has 1 N–H and O–H groups in total. The van der Waals surface area contributed by atoms with Gasteiger partial charge in [-0.1, -0.05) is 43.2 Å². The lowest BCUT2D eigenvalue weighted by Crippen LogP contribution is -2.42. The number of amides is 1. The van der Waals surface area contributed by atoms with Crippen LogP contribution in [-0.4, -0.2) is 38.1 Å². The molecule has 1 heterocycles. The van der Waals surface area contributed by atoms with Crippen LogP contribution in [0.25, 0.3) is 0 Å². The second-order valence-corrected chi connectivity index (χ2v) is 8.35. The first kappa shape index (κ1) is 20.7. The fourth-order valence-electron chi connectivity index (χ4n) is 4.86. The third-order valence-electron chi connectivity index (χ3n) is 6.54. The molecule has 4 rings (SSSR count). The van der Waals surface area contributed by atoms with E-state index in [1.165, 1.54) is 29.5 Å². The van der Waals surface area contributed by atoms with Crippen molar-refractivity contribution in [3.63, 3.8) is 0 Å². The van der Waals surface area contributed by atoms with E-state index in [-0.39, 0.29) is 17.9 Å². The van der Waals surface area contributed by atoms with E-state index in [1.807, 2.05) is 6.07 Å². The Kier molecular flexibility index (Phi) is 6.58. The molecule has 0 unspecified atom stereocenters. The summed E-state index contributed by atoms with van der Waals surface area (Å²) >= 11 is 0. The summed E-state index contributed by atoms with van der Waals surface area (Å²) in [6, 6.07) is 14.8. The molecule has 0 bridgehead atoms. The molecular weight excluding hydrogens is 376 g/mol. The van der Waals surface area contributed by atoms with Crippen molar-refractivity contribution in [3.05, 3.63) is 59.2 Å². The molecule has 2 aromatic carbocycles. The van der Waals surface area contributed by atoms with E-state index in [2.05, 4.69) is 46.6 Å². The van der Waals surface area contributed by atoms with Gasteiger partial charge in [0.1, 0.15) is 0 Å². The van der Waals surface area contributed by atoms with Gasteiger partial charge in [0.25, 0.3) is 0 Å². The van der Waals surface area contributed by atoms with Gasteiger partial charge in [-0.15, -0.1) is 0 Å². The van der Waals surface area contributed by atoms with E-state index < -0.39 is 0 Å². The molecule has 1 saturated carbocycles. The molecule has 1 aliphatic heterocycles. The second kappa shape index (κ2) is 9.52. The Morgan fingerprint density at radius 2 is 1.77 bits per heavy atom. The van der Waals surface area contributed by atoms with Crippen LogP contribution in [0.15, 0.2) is 42.5 Å². The lowest BCUT2D eigenvalue weighted by molar-refractivity contribution is -0.125. The van der Waals surface area contributed by atoms with Crippen molar-refractivity contribution in [1.29, 1.82) is 0 Å². The molecule has 5 nitrogen and oxygen atoms in total. The summed E-state index contributed by atoms with van der Waals surface area (Å²) < 4.78 is 11.1. The first-order chi connectivity index (χ1) is 14.7. The summed E-state index contributed by atoms with van der Waals surface area (Å²) in [6.07, 6.45) is 5.33. The van der Waals surface area contributed by atoms with Crippen molar-refractivity contribution in [3.8, 4) is 11.5 Å². The average Bonchev–Trinajstić information content (AvgIpc) is 3.33. The highest BCUT2D eigenvalue weighted by molar-refractivity contribution is 5.78. The monoisotopic (exact) mass is 408 g/mol. The number of fused-ring (bicyclic) bond motifs is 1. The first-order valence-corrected chi connectivity index (χ1v) is 11.0. The number of rotatable bonds is 7. The van der Waals surface area contributed by atoms with Gasteiger partial charge in [-0.25, -0.2) is 0 Å². The smallest absolute Gasteiger partial charge is 0.223 e. The Morgan fingerprint density at radius 3 is 2.47 bits per heavy atom. The highest BCUT2D eigenvalue weighted by Gasteiger charge is 2.31. The number of carbonyl (C=O) groups is 1. The van der Waals surface area contributed by atoms with Gasteiger partial charge < -0.3 is 14.8 Å². The number of benzene rings is 2. The Morgan fingerprint density at radius 1 is 1.07 bits per heavy atom. The molecule has 160 valence electrons. The van der Waals surface area contributed by atoms with E-state index in [0.29, 0.717) is 6.54 Å². The predicted molar refractivity (Wildman–Crippen MR) is 118 cm³/mol. The van der Waals surface area contributed by atoms with Crippen molar-refractivity contribution in [2.24, 2.45) is 5.92 Å². The molecule has 1 fully saturated rings. The van der Waals surface area contributed by atoms with Gasteiger partial charge in [0.15, 0.2) is 11.5 Å². The van der Waals surface area contributed by atoms with Crippen molar-refractivity contribution < 1.29 is 14.3 Å². The van der Waals surface area contributed by atoms with Crippen LogP contribution in [0.5, 0.6) is 11.5 Å². The van der Waals surface area contributed by atoms with Gasteiger partial charge in [-0.05, 0) is 48.1 Å². The minimum Gasteiger partial charge on any atom is -0.493 e. The molecular formula is C25H32N2O3. The molecule has 30 heavy (non-hydrogen) atoms. The van der Waals surface area contributed by atoms with E-state index in [9.17, 15) is 4.79 Å². The van der Waals surface area contributed by atoms with Crippen LogP contribution in [0.4, 0.5) is 0 Å². The normalized spacial score (nSPS) is 19.3. The maximum Gasteiger partial charge on any atom is 0.223 e. The van der Waals surface area contributed by atoms with Gasteiger partial charge in [-0.3, -0.25) is 9.69 Å². The average molecular weight is 409 g/mol. The zero-order valence-electron chi connectivity index (χ0n) is 18.0. The van der Waals surface area contributed by atoms with Gasteiger partial charge >= 0.3 is 0 Å². The van der Waals surface area contributed by atoms with Crippen LogP contribution >= 0.6 is 0 Å². The SMILES string of the molecule is COc1cc2c(cc1OC)[C@H](CNC(=O)C1CCCC1)N(Cc1ccccc1)CC2. The van der Waals surface area contributed by atoms with Crippen LogP contribution in [-0.2, 0) is 17.8 Å². The number of nitrogens with zero attached hydrogens (tertiary/aromatic N) is 1. The van der Waals surface area contributed by atoms with Crippen molar-refractivity contribution in [2.45, 2.75) is 44.7 Å². The Bertz CT molecular complexity index is 862. The van der Waals surface area contributed by atoms with E-state index in [1.54, 1.807) is 14.2 Å². The Balaban J connectivity index is 1.59. The molecule has 5 heteroatoms. The number of hydrogen-bond acceptors (Lipinski definition) is 4. The molecule has 1 aliphatic carbocycles. The summed E-state index contributed by atoms with van der Waals surface area (Å²) in [5.74, 6) is 1.90. The van der Waals surface area contributed by atoms with Gasteiger partial charge in [0.2, 0.25) is 5.91 Å². The summed E-state index contributed by atoms with van der Waals surface area (Å²) in [7, 11) is 3.35. The van der Waals surface area contributed by atoms with Crippen LogP contribution in [0.3, 0.4) is 0 Å². The molecule has 2 aliphatic rings. The van der Waals surface area contributed by atoms with Gasteiger partial charge in [0.05, 0.1) is 20.3 Å². The number of carbonyl (C=O) groups excluding carboxylic acids is 1. The zero-order valence-corrected chi connectivity index (χ0v) is 18.0. The van der Waals surface area contributed by atoms with Crippen molar-refractivity contribution in [2.75, 3.05) is 27.3 Å². The van der Waals surface area contributed by atoms with Gasteiger partial charge in [0, 0.05) is 25.6 Å². The van der Waals surface area contributed by atoms with Crippen molar-refractivity contribution >= 4 is 5.91 Å². The third kappa shape index (κ3) is 4.46. The topological polar surface area (TPSA) is 50.8 Å². The van der Waals surface area contributed by atoms with E-state index >= 15 is 0 Å². The van der Waals surface area contributed by atoms with Crippen LogP contribution in [0, 0.1) is 5.92 Å². The van der Waals surface area contributed by atoms with Crippen LogP contribution in [0.1, 0.15) is 48.4 Å². The predicted octanol–water partition coefficient (Wildman–Crippen LogP) is 4.11. The van der Waals surface area contributed by atoms with Crippen LogP contribution < -0.4 is 14.8 Å².